The van der Waals surface area contributed by atoms with Crippen molar-refractivity contribution in [1.82, 2.24) is 20.9 Å². The zero-order valence-electron chi connectivity index (χ0n) is 21.1. The van der Waals surface area contributed by atoms with Crippen molar-refractivity contribution < 1.29 is 28.7 Å². The number of hydrogen-bond donors (Lipinski definition) is 4. The number of piperidine rings is 1. The number of rotatable bonds is 11. The van der Waals surface area contributed by atoms with Gasteiger partial charge in [-0.05, 0) is 58.7 Å². The van der Waals surface area contributed by atoms with Gasteiger partial charge in [0, 0.05) is 31.7 Å². The zero-order chi connectivity index (χ0) is 26.3. The van der Waals surface area contributed by atoms with Crippen molar-refractivity contribution in [2.45, 2.75) is 64.5 Å². The molecular weight excluding hydrogens is 466 g/mol. The highest BCUT2D eigenvalue weighted by Crippen LogP contribution is 2.32. The highest BCUT2D eigenvalue weighted by Gasteiger charge is 2.45. The predicted octanol–water partition coefficient (Wildman–Crippen LogP) is 1.78. The Morgan fingerprint density at radius 2 is 1.78 bits per heavy atom. The summed E-state index contributed by atoms with van der Waals surface area (Å²) in [7, 11) is 0. The second-order valence-electron chi connectivity index (χ2n) is 9.84. The van der Waals surface area contributed by atoms with Crippen LogP contribution in [0.2, 0.25) is 0 Å². The molecule has 0 bridgehead atoms. The van der Waals surface area contributed by atoms with E-state index in [4.69, 9.17) is 4.74 Å². The predicted molar refractivity (Wildman–Crippen MR) is 133 cm³/mol. The molecule has 0 aliphatic carbocycles. The molecular formula is C25H35N5O6. The molecule has 0 spiro atoms. The summed E-state index contributed by atoms with van der Waals surface area (Å²) >= 11 is 0. The Balaban J connectivity index is 1.38. The summed E-state index contributed by atoms with van der Waals surface area (Å²) in [5.74, 6) is -2.08. The molecule has 1 saturated heterocycles. The van der Waals surface area contributed by atoms with E-state index in [0.717, 1.165) is 30.7 Å². The lowest BCUT2D eigenvalue weighted by Gasteiger charge is -2.27. The van der Waals surface area contributed by atoms with E-state index >= 15 is 0 Å². The van der Waals surface area contributed by atoms with E-state index in [9.17, 15) is 24.0 Å². The SMILES string of the molecule is CC(C)(C)OC(=O)NCCCCCNCCNc1cccc2c1C(=O)N(C1CCC(=O)NC1=O)C2=O. The lowest BCUT2D eigenvalue weighted by molar-refractivity contribution is -0.136. The summed E-state index contributed by atoms with van der Waals surface area (Å²) in [6.07, 6.45) is 2.56. The number of unbranched alkanes of at least 4 members (excludes halogenated alkanes) is 2. The van der Waals surface area contributed by atoms with Gasteiger partial charge in [0.25, 0.3) is 11.8 Å². The van der Waals surface area contributed by atoms with Crippen molar-refractivity contribution in [3.8, 4) is 0 Å². The van der Waals surface area contributed by atoms with Crippen molar-refractivity contribution in [2.75, 3.05) is 31.5 Å². The first-order valence-corrected chi connectivity index (χ1v) is 12.3. The molecule has 1 unspecified atom stereocenters. The van der Waals surface area contributed by atoms with E-state index in [1.165, 1.54) is 0 Å². The fourth-order valence-corrected chi connectivity index (χ4v) is 4.13. The Morgan fingerprint density at radius 1 is 1.03 bits per heavy atom. The van der Waals surface area contributed by atoms with Gasteiger partial charge < -0.3 is 20.7 Å². The minimum atomic E-state index is -0.982. The molecule has 1 aromatic rings. The van der Waals surface area contributed by atoms with E-state index in [1.54, 1.807) is 18.2 Å². The Hall–Kier alpha value is -3.47. The molecule has 3 rings (SSSR count). The van der Waals surface area contributed by atoms with Crippen molar-refractivity contribution >= 4 is 35.4 Å². The molecule has 1 atom stereocenters. The third kappa shape index (κ3) is 7.03. The van der Waals surface area contributed by atoms with Gasteiger partial charge in [-0.15, -0.1) is 0 Å². The molecule has 2 aliphatic heterocycles. The Labute approximate surface area is 210 Å². The van der Waals surface area contributed by atoms with Gasteiger partial charge in [-0.1, -0.05) is 12.5 Å². The first-order chi connectivity index (χ1) is 17.1. The number of hydrogen-bond acceptors (Lipinski definition) is 8. The zero-order valence-corrected chi connectivity index (χ0v) is 21.1. The molecule has 2 heterocycles. The van der Waals surface area contributed by atoms with Crippen LogP contribution in [0.1, 0.15) is 73.6 Å². The summed E-state index contributed by atoms with van der Waals surface area (Å²) < 4.78 is 5.19. The second-order valence-corrected chi connectivity index (χ2v) is 9.84. The molecule has 36 heavy (non-hydrogen) atoms. The van der Waals surface area contributed by atoms with Gasteiger partial charge >= 0.3 is 6.09 Å². The van der Waals surface area contributed by atoms with Gasteiger partial charge in [0.15, 0.2) is 0 Å². The van der Waals surface area contributed by atoms with Crippen molar-refractivity contribution in [3.63, 3.8) is 0 Å². The van der Waals surface area contributed by atoms with Crippen molar-refractivity contribution in [1.29, 1.82) is 0 Å². The van der Waals surface area contributed by atoms with Crippen LogP contribution < -0.4 is 21.3 Å². The van der Waals surface area contributed by atoms with E-state index in [-0.39, 0.29) is 24.0 Å². The van der Waals surface area contributed by atoms with Crippen LogP contribution in [0.5, 0.6) is 0 Å². The number of carbonyl (C=O) groups excluding carboxylic acids is 5. The second kappa shape index (κ2) is 12.0. The van der Waals surface area contributed by atoms with Crippen LogP contribution in [-0.4, -0.2) is 72.4 Å². The summed E-state index contributed by atoms with van der Waals surface area (Å²) in [5.41, 5.74) is 0.542. The molecule has 1 fully saturated rings. The molecule has 4 N–H and O–H groups in total. The molecule has 1 aromatic carbocycles. The van der Waals surface area contributed by atoms with Crippen LogP contribution in [0.15, 0.2) is 18.2 Å². The molecule has 196 valence electrons. The van der Waals surface area contributed by atoms with Crippen LogP contribution >= 0.6 is 0 Å². The van der Waals surface area contributed by atoms with Gasteiger partial charge in [0.2, 0.25) is 11.8 Å². The maximum absolute atomic E-state index is 13.1. The molecule has 0 radical (unpaired) electrons. The molecule has 5 amide bonds. The minimum Gasteiger partial charge on any atom is -0.444 e. The summed E-state index contributed by atoms with van der Waals surface area (Å²) in [6, 6.07) is 4.01. The van der Waals surface area contributed by atoms with Gasteiger partial charge in [-0.25, -0.2) is 4.79 Å². The van der Waals surface area contributed by atoms with E-state index in [0.29, 0.717) is 25.3 Å². The quantitative estimate of drug-likeness (QED) is 0.265. The maximum Gasteiger partial charge on any atom is 0.407 e. The lowest BCUT2D eigenvalue weighted by atomic mass is 10.0. The minimum absolute atomic E-state index is 0.0842. The number of imide groups is 2. The topological polar surface area (TPSA) is 146 Å². The number of ether oxygens (including phenoxy) is 1. The summed E-state index contributed by atoms with van der Waals surface area (Å²) in [5, 5.41) is 11.5. The largest absolute Gasteiger partial charge is 0.444 e. The number of fused-ring (bicyclic) bond motifs is 1. The van der Waals surface area contributed by atoms with Gasteiger partial charge in [-0.3, -0.25) is 29.4 Å². The Bertz CT molecular complexity index is 1020. The van der Waals surface area contributed by atoms with E-state index in [2.05, 4.69) is 21.3 Å². The highest BCUT2D eigenvalue weighted by atomic mass is 16.6. The number of amides is 5. The number of anilines is 1. The monoisotopic (exact) mass is 501 g/mol. The van der Waals surface area contributed by atoms with E-state index in [1.807, 2.05) is 20.8 Å². The lowest BCUT2D eigenvalue weighted by Crippen LogP contribution is -2.54. The fraction of sp³-hybridized carbons (Fsp3) is 0.560. The molecule has 0 saturated carbocycles. The Morgan fingerprint density at radius 3 is 2.50 bits per heavy atom. The van der Waals surface area contributed by atoms with Crippen molar-refractivity contribution in [3.05, 3.63) is 29.3 Å². The third-order valence-corrected chi connectivity index (χ3v) is 5.78. The maximum atomic E-state index is 13.1. The van der Waals surface area contributed by atoms with Gasteiger partial charge in [0.05, 0.1) is 11.1 Å². The summed E-state index contributed by atoms with van der Waals surface area (Å²) in [4.78, 5) is 62.2. The first kappa shape index (κ1) is 27.1. The van der Waals surface area contributed by atoms with Crippen LogP contribution in [0.4, 0.5) is 10.5 Å². The van der Waals surface area contributed by atoms with Crippen molar-refractivity contribution in [2.24, 2.45) is 0 Å². The molecule has 11 nitrogen and oxygen atoms in total. The van der Waals surface area contributed by atoms with Crippen LogP contribution in [0.3, 0.4) is 0 Å². The average molecular weight is 502 g/mol. The Kier molecular flexibility index (Phi) is 9.03. The van der Waals surface area contributed by atoms with E-state index < -0.39 is 41.4 Å². The molecule has 0 aromatic heterocycles. The highest BCUT2D eigenvalue weighted by molar-refractivity contribution is 6.25. The fourth-order valence-electron chi connectivity index (χ4n) is 4.13. The van der Waals surface area contributed by atoms with Crippen LogP contribution in [0.25, 0.3) is 0 Å². The van der Waals surface area contributed by atoms with Crippen LogP contribution in [-0.2, 0) is 14.3 Å². The van der Waals surface area contributed by atoms with Gasteiger partial charge in [0.1, 0.15) is 11.6 Å². The standard InChI is InChI=1S/C25H35N5O6/c1-25(2,3)36-24(35)28-13-6-4-5-12-26-14-15-27-17-9-7-8-16-20(17)23(34)30(22(16)33)18-10-11-19(31)29-21(18)32/h7-9,18,26-27H,4-6,10-15H2,1-3H3,(H,28,35)(H,29,31,32). The number of benzene rings is 1. The molecule has 11 heteroatoms. The van der Waals surface area contributed by atoms with Crippen LogP contribution in [0, 0.1) is 0 Å². The number of nitrogens with zero attached hydrogens (tertiary/aromatic N) is 1. The average Bonchev–Trinajstić information content (AvgIpc) is 3.05. The smallest absolute Gasteiger partial charge is 0.407 e. The number of nitrogens with one attached hydrogen (secondary N) is 4. The normalized spacial score (nSPS) is 17.6. The molecule has 2 aliphatic rings. The number of carbonyl (C=O) groups is 5. The third-order valence-electron chi connectivity index (χ3n) is 5.78. The first-order valence-electron chi connectivity index (χ1n) is 12.3. The van der Waals surface area contributed by atoms with Gasteiger partial charge in [-0.2, -0.15) is 0 Å². The number of alkyl carbamates (subject to hydrolysis) is 1. The summed E-state index contributed by atoms with van der Waals surface area (Å²) in [6.45, 7) is 8.04.